The number of rotatable bonds is 4. The molecule has 1 unspecified atom stereocenters. The van der Waals surface area contributed by atoms with E-state index in [0.717, 1.165) is 25.7 Å². The molecule has 0 aromatic rings. The fraction of sp³-hybridized carbons (Fsp3) is 0.818. The minimum atomic E-state index is -1.04. The number of carbonyl (C=O) groups is 2. The van der Waals surface area contributed by atoms with Crippen molar-refractivity contribution in [2.24, 2.45) is 5.92 Å². The molecule has 1 rings (SSSR count). The van der Waals surface area contributed by atoms with Crippen molar-refractivity contribution in [1.82, 2.24) is 5.32 Å². The Morgan fingerprint density at radius 1 is 1.38 bits per heavy atom. The van der Waals surface area contributed by atoms with Crippen molar-refractivity contribution < 1.29 is 19.8 Å². The van der Waals surface area contributed by atoms with Gasteiger partial charge < -0.3 is 15.5 Å². The van der Waals surface area contributed by atoms with Gasteiger partial charge in [-0.3, -0.25) is 9.59 Å². The second-order valence-electron chi connectivity index (χ2n) is 4.44. The van der Waals surface area contributed by atoms with Crippen LogP contribution in [0.3, 0.4) is 0 Å². The Bertz CT molecular complexity index is 267. The smallest absolute Gasteiger partial charge is 0.325 e. The van der Waals surface area contributed by atoms with Crippen LogP contribution in [0.1, 0.15) is 39.0 Å². The van der Waals surface area contributed by atoms with Crippen LogP contribution in [0.25, 0.3) is 0 Å². The molecule has 5 heteroatoms. The third kappa shape index (κ3) is 3.81. The summed E-state index contributed by atoms with van der Waals surface area (Å²) in [6.45, 7) is 1.43. The van der Waals surface area contributed by atoms with Crippen LogP contribution in [0.15, 0.2) is 0 Å². The van der Waals surface area contributed by atoms with Crippen molar-refractivity contribution in [3.05, 3.63) is 0 Å². The minimum Gasteiger partial charge on any atom is -0.480 e. The van der Waals surface area contributed by atoms with E-state index in [0.29, 0.717) is 0 Å². The third-order valence-corrected chi connectivity index (χ3v) is 3.06. The van der Waals surface area contributed by atoms with Gasteiger partial charge in [0.25, 0.3) is 0 Å². The molecule has 1 amide bonds. The normalized spacial score (nSPS) is 27.1. The summed E-state index contributed by atoms with van der Waals surface area (Å²) < 4.78 is 0. The van der Waals surface area contributed by atoms with Crippen LogP contribution in [0, 0.1) is 5.92 Å². The molecule has 0 radical (unpaired) electrons. The van der Waals surface area contributed by atoms with Crippen LogP contribution in [0.2, 0.25) is 0 Å². The van der Waals surface area contributed by atoms with Gasteiger partial charge in [0.05, 0.1) is 6.10 Å². The summed E-state index contributed by atoms with van der Waals surface area (Å²) in [4.78, 5) is 22.0. The average Bonchev–Trinajstić information content (AvgIpc) is 2.21. The lowest BCUT2D eigenvalue weighted by molar-refractivity contribution is -0.141. The second-order valence-corrected chi connectivity index (χ2v) is 4.44. The quantitative estimate of drug-likeness (QED) is 0.655. The predicted molar refractivity (Wildman–Crippen MR) is 57.8 cm³/mol. The first-order valence-corrected chi connectivity index (χ1v) is 5.71. The molecule has 1 fully saturated rings. The lowest BCUT2D eigenvalue weighted by atomic mass is 9.84. The molecule has 0 saturated heterocycles. The highest BCUT2D eigenvalue weighted by molar-refractivity contribution is 5.83. The summed E-state index contributed by atoms with van der Waals surface area (Å²) in [7, 11) is 0. The molecular weight excluding hydrogens is 210 g/mol. The average molecular weight is 229 g/mol. The molecule has 1 saturated carbocycles. The lowest BCUT2D eigenvalue weighted by Gasteiger charge is -2.27. The highest BCUT2D eigenvalue weighted by atomic mass is 16.4. The molecule has 0 aliphatic heterocycles. The van der Waals surface area contributed by atoms with E-state index >= 15 is 0 Å². The van der Waals surface area contributed by atoms with E-state index in [4.69, 9.17) is 5.11 Å². The Morgan fingerprint density at radius 2 is 2.00 bits per heavy atom. The number of aliphatic carboxylic acids is 1. The fourth-order valence-corrected chi connectivity index (χ4v) is 2.03. The standard InChI is InChI=1S/C11H19NO4/c1-7(11(15)16)12-10(14)6-8-4-2-3-5-9(8)13/h7-9,13H,2-6H2,1H3,(H,12,14)(H,15,16)/t7?,8-,9+/m0/s1. The zero-order valence-electron chi connectivity index (χ0n) is 9.48. The largest absolute Gasteiger partial charge is 0.480 e. The van der Waals surface area contributed by atoms with Gasteiger partial charge in [-0.2, -0.15) is 0 Å². The number of hydrogen-bond acceptors (Lipinski definition) is 3. The van der Waals surface area contributed by atoms with E-state index in [-0.39, 0.29) is 18.2 Å². The molecule has 1 aliphatic rings. The summed E-state index contributed by atoms with van der Waals surface area (Å²) in [6.07, 6.45) is 3.43. The van der Waals surface area contributed by atoms with Crippen LogP contribution in [0.4, 0.5) is 0 Å². The van der Waals surface area contributed by atoms with Crippen LogP contribution < -0.4 is 5.32 Å². The van der Waals surface area contributed by atoms with Gasteiger partial charge >= 0.3 is 5.97 Å². The maximum atomic E-state index is 11.5. The zero-order chi connectivity index (χ0) is 12.1. The van der Waals surface area contributed by atoms with Gasteiger partial charge in [-0.15, -0.1) is 0 Å². The maximum absolute atomic E-state index is 11.5. The molecule has 0 aromatic carbocycles. The van der Waals surface area contributed by atoms with E-state index in [1.807, 2.05) is 0 Å². The Labute approximate surface area is 94.8 Å². The molecule has 0 heterocycles. The van der Waals surface area contributed by atoms with Crippen LogP contribution in [-0.2, 0) is 9.59 Å². The van der Waals surface area contributed by atoms with Gasteiger partial charge in [-0.25, -0.2) is 0 Å². The van der Waals surface area contributed by atoms with Crippen LogP contribution in [0.5, 0.6) is 0 Å². The number of carboxylic acids is 1. The summed E-state index contributed by atoms with van der Waals surface area (Å²) in [5, 5.41) is 20.7. The van der Waals surface area contributed by atoms with Crippen molar-refractivity contribution in [1.29, 1.82) is 0 Å². The lowest BCUT2D eigenvalue weighted by Crippen LogP contribution is -2.40. The molecule has 0 spiro atoms. The monoisotopic (exact) mass is 229 g/mol. The van der Waals surface area contributed by atoms with Gasteiger partial charge in [0.2, 0.25) is 5.91 Å². The highest BCUT2D eigenvalue weighted by Gasteiger charge is 2.26. The van der Waals surface area contributed by atoms with Crippen LogP contribution in [-0.4, -0.2) is 34.2 Å². The molecule has 3 N–H and O–H groups in total. The molecule has 0 aromatic heterocycles. The maximum Gasteiger partial charge on any atom is 0.325 e. The van der Waals surface area contributed by atoms with Gasteiger partial charge in [-0.05, 0) is 25.7 Å². The molecule has 16 heavy (non-hydrogen) atoms. The van der Waals surface area contributed by atoms with Crippen LogP contribution >= 0.6 is 0 Å². The summed E-state index contributed by atoms with van der Waals surface area (Å²) in [6, 6.07) is -0.867. The number of nitrogens with one attached hydrogen (secondary N) is 1. The second kappa shape index (κ2) is 5.84. The van der Waals surface area contributed by atoms with Gasteiger partial charge in [0, 0.05) is 6.42 Å². The molecule has 92 valence electrons. The van der Waals surface area contributed by atoms with Gasteiger partial charge in [-0.1, -0.05) is 12.8 Å². The number of aliphatic hydroxyl groups excluding tert-OH is 1. The van der Waals surface area contributed by atoms with Gasteiger partial charge in [0.15, 0.2) is 0 Å². The SMILES string of the molecule is CC(NC(=O)C[C@@H]1CCCC[C@H]1O)C(=O)O. The molecule has 0 bridgehead atoms. The Morgan fingerprint density at radius 3 is 2.56 bits per heavy atom. The summed E-state index contributed by atoms with van der Waals surface area (Å²) in [5.74, 6) is -1.35. The zero-order valence-corrected chi connectivity index (χ0v) is 9.48. The van der Waals surface area contributed by atoms with Crippen molar-refractivity contribution in [2.75, 3.05) is 0 Å². The molecular formula is C11H19NO4. The molecule has 1 aliphatic carbocycles. The van der Waals surface area contributed by atoms with Crippen molar-refractivity contribution in [2.45, 2.75) is 51.2 Å². The van der Waals surface area contributed by atoms with E-state index < -0.39 is 18.1 Å². The fourth-order valence-electron chi connectivity index (χ4n) is 2.03. The number of hydrogen-bond donors (Lipinski definition) is 3. The first-order chi connectivity index (χ1) is 7.50. The predicted octanol–water partition coefficient (Wildman–Crippen LogP) is 0.517. The first kappa shape index (κ1) is 13.0. The Kier molecular flexibility index (Phi) is 4.73. The van der Waals surface area contributed by atoms with Crippen molar-refractivity contribution >= 4 is 11.9 Å². The molecule has 5 nitrogen and oxygen atoms in total. The first-order valence-electron chi connectivity index (χ1n) is 5.71. The van der Waals surface area contributed by atoms with E-state index in [1.165, 1.54) is 6.92 Å². The Hall–Kier alpha value is -1.10. The number of amides is 1. The topological polar surface area (TPSA) is 86.6 Å². The number of carbonyl (C=O) groups excluding carboxylic acids is 1. The summed E-state index contributed by atoms with van der Waals surface area (Å²) >= 11 is 0. The van der Waals surface area contributed by atoms with E-state index in [1.54, 1.807) is 0 Å². The van der Waals surface area contributed by atoms with E-state index in [9.17, 15) is 14.7 Å². The van der Waals surface area contributed by atoms with Crippen molar-refractivity contribution in [3.8, 4) is 0 Å². The number of aliphatic hydroxyl groups is 1. The minimum absolute atomic E-state index is 0.0188. The number of carboxylic acid groups (broad SMARTS) is 1. The Balaban J connectivity index is 2.35. The summed E-state index contributed by atoms with van der Waals surface area (Å²) in [5.41, 5.74) is 0. The van der Waals surface area contributed by atoms with E-state index in [2.05, 4.69) is 5.32 Å². The molecule has 3 atom stereocenters. The van der Waals surface area contributed by atoms with Crippen molar-refractivity contribution in [3.63, 3.8) is 0 Å². The third-order valence-electron chi connectivity index (χ3n) is 3.06. The van der Waals surface area contributed by atoms with Gasteiger partial charge in [0.1, 0.15) is 6.04 Å². The highest BCUT2D eigenvalue weighted by Crippen LogP contribution is 2.26.